The van der Waals surface area contributed by atoms with E-state index in [9.17, 15) is 23.2 Å². The highest BCUT2D eigenvalue weighted by molar-refractivity contribution is 6.30. The van der Waals surface area contributed by atoms with Crippen LogP contribution in [0.3, 0.4) is 0 Å². The molecule has 0 saturated heterocycles. The minimum atomic E-state index is -4.51. The number of nitrogens with one attached hydrogen (secondary N) is 2. The van der Waals surface area contributed by atoms with Crippen LogP contribution >= 0.6 is 11.6 Å². The van der Waals surface area contributed by atoms with Gasteiger partial charge in [-0.3, -0.25) is 15.3 Å². The maximum Gasteiger partial charge on any atom is 0.390 e. The van der Waals surface area contributed by atoms with Crippen molar-refractivity contribution in [1.82, 2.24) is 10.2 Å². The van der Waals surface area contributed by atoms with E-state index < -0.39 is 25.2 Å². The van der Waals surface area contributed by atoms with Gasteiger partial charge >= 0.3 is 12.2 Å². The first-order valence-electron chi connectivity index (χ1n) is 13.4. The molecule has 2 aromatic carbocycles. The molecule has 7 nitrogen and oxygen atoms in total. The van der Waals surface area contributed by atoms with Crippen molar-refractivity contribution in [3.63, 3.8) is 0 Å². The van der Waals surface area contributed by atoms with Gasteiger partial charge in [0, 0.05) is 35.0 Å². The van der Waals surface area contributed by atoms with Gasteiger partial charge in [-0.15, -0.1) is 0 Å². The number of hydrogen-bond donors (Lipinski definition) is 3. The van der Waals surface area contributed by atoms with E-state index in [4.69, 9.17) is 22.7 Å². The number of benzene rings is 2. The van der Waals surface area contributed by atoms with Gasteiger partial charge in [-0.25, -0.2) is 4.79 Å². The molecule has 4 N–H and O–H groups in total. The number of hydrogen-bond acceptors (Lipinski definition) is 5. The Morgan fingerprint density at radius 1 is 1.29 bits per heavy atom. The molecule has 0 radical (unpaired) electrons. The van der Waals surface area contributed by atoms with Crippen LogP contribution in [0, 0.1) is 22.7 Å². The first kappa shape index (κ1) is 31.7. The number of nitrogens with zero attached hydrogens (tertiary/aromatic N) is 3. The smallest absolute Gasteiger partial charge is 0.390 e. The topological polar surface area (TPSA) is 118 Å². The third-order valence-electron chi connectivity index (χ3n) is 7.10. The number of amidine groups is 1. The van der Waals surface area contributed by atoms with Crippen LogP contribution < -0.4 is 11.1 Å². The van der Waals surface area contributed by atoms with Crippen LogP contribution in [0.15, 0.2) is 64.8 Å². The highest BCUT2D eigenvalue weighted by Gasteiger charge is 2.31. The molecule has 41 heavy (non-hydrogen) atoms. The molecule has 2 atom stereocenters. The maximum absolute atomic E-state index is 13.1. The Morgan fingerprint density at radius 3 is 2.61 bits per heavy atom. The number of carbonyl (C=O) groups is 1. The van der Waals surface area contributed by atoms with E-state index in [1.807, 2.05) is 19.1 Å². The first-order chi connectivity index (χ1) is 19.4. The van der Waals surface area contributed by atoms with E-state index in [2.05, 4.69) is 23.3 Å². The van der Waals surface area contributed by atoms with Crippen LogP contribution in [0.1, 0.15) is 63.0 Å². The summed E-state index contributed by atoms with van der Waals surface area (Å²) in [4.78, 5) is 18.6. The molecule has 0 spiro atoms. The fourth-order valence-corrected chi connectivity index (χ4v) is 4.66. The highest BCUT2D eigenvalue weighted by atomic mass is 35.5. The molecule has 2 aromatic rings. The van der Waals surface area contributed by atoms with E-state index in [0.717, 1.165) is 16.9 Å². The number of carbonyl (C=O) groups excluding carboxylic acids is 1. The minimum absolute atomic E-state index is 0.164. The number of amides is 2. The lowest BCUT2D eigenvalue weighted by molar-refractivity contribution is -0.135. The van der Waals surface area contributed by atoms with E-state index >= 15 is 0 Å². The van der Waals surface area contributed by atoms with Gasteiger partial charge in [-0.05, 0) is 54.5 Å². The van der Waals surface area contributed by atoms with Gasteiger partial charge in [-0.2, -0.15) is 18.4 Å². The molecule has 3 rings (SSSR count). The molecule has 1 saturated carbocycles. The molecule has 2 amide bonds. The van der Waals surface area contributed by atoms with E-state index in [-0.39, 0.29) is 29.9 Å². The Bertz CT molecular complexity index is 1350. The summed E-state index contributed by atoms with van der Waals surface area (Å²) >= 11 is 6.09. The fraction of sp³-hybridized carbons (Fsp3) is 0.400. The van der Waals surface area contributed by atoms with Gasteiger partial charge < -0.3 is 11.1 Å². The summed E-state index contributed by atoms with van der Waals surface area (Å²) in [7, 11) is 0. The van der Waals surface area contributed by atoms with E-state index in [0.29, 0.717) is 46.8 Å². The number of allylic oxidation sites excluding steroid dienone is 1. The largest absolute Gasteiger partial charge is 0.400 e. The third-order valence-corrected chi connectivity index (χ3v) is 7.34. The van der Waals surface area contributed by atoms with Gasteiger partial charge in [0.05, 0.1) is 30.6 Å². The number of alkyl halides is 3. The van der Waals surface area contributed by atoms with Crippen molar-refractivity contribution in [3.05, 3.63) is 76.0 Å². The van der Waals surface area contributed by atoms with Gasteiger partial charge in [-0.1, -0.05) is 55.8 Å². The number of nitriles is 1. The second-order valence-electron chi connectivity index (χ2n) is 10.1. The summed E-state index contributed by atoms with van der Waals surface area (Å²) in [6.07, 6.45) is -3.49. The molecular weight excluding hydrogens is 553 g/mol. The molecule has 218 valence electrons. The summed E-state index contributed by atoms with van der Waals surface area (Å²) in [6.45, 7) is 3.22. The van der Waals surface area contributed by atoms with Crippen LogP contribution in [-0.4, -0.2) is 41.7 Å². The van der Waals surface area contributed by atoms with E-state index in [1.54, 1.807) is 36.4 Å². The van der Waals surface area contributed by atoms with Crippen molar-refractivity contribution in [1.29, 1.82) is 10.7 Å². The lowest BCUT2D eigenvalue weighted by Gasteiger charge is -2.26. The van der Waals surface area contributed by atoms with Crippen molar-refractivity contribution in [2.45, 2.75) is 58.0 Å². The molecule has 2 unspecified atom stereocenters. The fourth-order valence-electron chi connectivity index (χ4n) is 4.48. The predicted molar refractivity (Wildman–Crippen MR) is 155 cm³/mol. The van der Waals surface area contributed by atoms with Gasteiger partial charge in [0.25, 0.3) is 0 Å². The van der Waals surface area contributed by atoms with Gasteiger partial charge in [0.2, 0.25) is 0 Å². The second kappa shape index (κ2) is 14.2. The summed E-state index contributed by atoms with van der Waals surface area (Å²) < 4.78 is 39.3. The zero-order valence-corrected chi connectivity index (χ0v) is 23.8. The average Bonchev–Trinajstić information content (AvgIpc) is 2.94. The molecule has 0 aromatic heterocycles. The molecule has 1 fully saturated rings. The molecule has 0 heterocycles. The number of aliphatic imine (C=N–C) groups is 1. The molecule has 1 aliphatic rings. The first-order valence-corrected chi connectivity index (χ1v) is 13.8. The zero-order chi connectivity index (χ0) is 30.2. The Morgan fingerprint density at radius 2 is 2.00 bits per heavy atom. The monoisotopic (exact) mass is 586 g/mol. The number of halogens is 4. The normalized spacial score (nSPS) is 18.4. The van der Waals surface area contributed by atoms with Crippen LogP contribution in [0.25, 0.3) is 0 Å². The van der Waals surface area contributed by atoms with Crippen molar-refractivity contribution in [2.24, 2.45) is 16.6 Å². The number of rotatable bonds is 8. The van der Waals surface area contributed by atoms with Crippen LogP contribution in [0.5, 0.6) is 0 Å². The number of nitrogens with two attached hydrogens (primary N) is 1. The molecule has 1 aliphatic carbocycles. The molecular formula is C30H34ClF3N6O. The van der Waals surface area contributed by atoms with Gasteiger partial charge in [0.1, 0.15) is 5.84 Å². The molecule has 0 aliphatic heterocycles. The predicted octanol–water partition coefficient (Wildman–Crippen LogP) is 7.45. The van der Waals surface area contributed by atoms with Gasteiger partial charge in [0.15, 0.2) is 0 Å². The minimum Gasteiger partial charge on any atom is -0.400 e. The Balaban J connectivity index is 1.82. The van der Waals surface area contributed by atoms with E-state index in [1.165, 1.54) is 0 Å². The lowest BCUT2D eigenvalue weighted by Crippen LogP contribution is -2.46. The maximum atomic E-state index is 13.1. The average molecular weight is 587 g/mol. The van der Waals surface area contributed by atoms with Crippen molar-refractivity contribution >= 4 is 34.9 Å². The summed E-state index contributed by atoms with van der Waals surface area (Å²) in [6, 6.07) is 15.2. The Kier molecular flexibility index (Phi) is 11.0. The number of urea groups is 1. The van der Waals surface area contributed by atoms with Crippen molar-refractivity contribution in [2.75, 3.05) is 13.1 Å². The molecule has 11 heteroatoms. The second-order valence-corrected chi connectivity index (χ2v) is 10.5. The Hall–Kier alpha value is -3.84. The van der Waals surface area contributed by atoms with Crippen LogP contribution in [-0.2, 0) is 0 Å². The standard InChI is InChI=1S/C30H34ClF3N6O/c1-3-19(2)21-8-10-22(11-9-21)28(37)40(14-13-30(32,33)34)29(41)38-18-26(36)25-12-7-20(17-35)15-27(25)39-24-6-4-5-23(31)16-24/h4-6,8-11,16,19-20,37H,3,7,12-15,18,36H2,1-2H3,(H,38,41)/b26-25-,37-28?,39-27?. The lowest BCUT2D eigenvalue weighted by atomic mass is 9.84. The molecule has 0 bridgehead atoms. The van der Waals surface area contributed by atoms with Crippen LogP contribution in [0.2, 0.25) is 5.02 Å². The summed E-state index contributed by atoms with van der Waals surface area (Å²) in [5, 5.41) is 21.1. The van der Waals surface area contributed by atoms with Crippen molar-refractivity contribution < 1.29 is 18.0 Å². The SMILES string of the molecule is CCC(C)c1ccc(C(=N)N(CCC(F)(F)F)C(=O)NC/C(N)=C2\CCC(C#N)CC2=Nc2cccc(Cl)c2)cc1. The summed E-state index contributed by atoms with van der Waals surface area (Å²) in [5.74, 6) is -0.301. The highest BCUT2D eigenvalue weighted by Crippen LogP contribution is 2.30. The Labute approximate surface area is 243 Å². The third kappa shape index (κ3) is 9.08. The zero-order valence-electron chi connectivity index (χ0n) is 23.1. The van der Waals surface area contributed by atoms with Crippen molar-refractivity contribution in [3.8, 4) is 6.07 Å². The quantitative estimate of drug-likeness (QED) is 0.220. The van der Waals surface area contributed by atoms with Crippen LogP contribution in [0.4, 0.5) is 23.7 Å². The summed E-state index contributed by atoms with van der Waals surface area (Å²) in [5.41, 5.74) is 9.88.